The van der Waals surface area contributed by atoms with Crippen molar-refractivity contribution in [3.63, 3.8) is 0 Å². The van der Waals surface area contributed by atoms with Crippen LogP contribution in [0.3, 0.4) is 0 Å². The first-order valence-electron chi connectivity index (χ1n) is 8.64. The fraction of sp³-hybridized carbons (Fsp3) is 0.350. The van der Waals surface area contributed by atoms with Crippen LogP contribution >= 0.6 is 0 Å². The van der Waals surface area contributed by atoms with E-state index in [1.165, 1.54) is 6.07 Å². The lowest BCUT2D eigenvalue weighted by molar-refractivity contribution is -0.893. The van der Waals surface area contributed by atoms with Crippen LogP contribution in [0.4, 0.5) is 14.5 Å². The highest BCUT2D eigenvalue weighted by Gasteiger charge is 2.22. The summed E-state index contributed by atoms with van der Waals surface area (Å²) < 4.78 is 37.2. The molecule has 2 atom stereocenters. The van der Waals surface area contributed by atoms with Gasteiger partial charge in [0, 0.05) is 12.5 Å². The van der Waals surface area contributed by atoms with Crippen LogP contribution in [0.1, 0.15) is 12.5 Å². The summed E-state index contributed by atoms with van der Waals surface area (Å²) >= 11 is 0. The van der Waals surface area contributed by atoms with Gasteiger partial charge >= 0.3 is 0 Å². The first-order valence-corrected chi connectivity index (χ1v) is 8.64. The highest BCUT2D eigenvalue weighted by Crippen LogP contribution is 2.27. The van der Waals surface area contributed by atoms with Gasteiger partial charge in [-0.3, -0.25) is 4.79 Å². The van der Waals surface area contributed by atoms with Crippen molar-refractivity contribution in [1.29, 1.82) is 0 Å². The second-order valence-corrected chi connectivity index (χ2v) is 6.37. The Kier molecular flexibility index (Phi) is 7.12. The number of carbonyl (C=O) groups is 1. The molecule has 27 heavy (non-hydrogen) atoms. The summed E-state index contributed by atoms with van der Waals surface area (Å²) in [5, 5.41) is 2.51. The van der Waals surface area contributed by atoms with Crippen molar-refractivity contribution in [2.45, 2.75) is 19.4 Å². The standard InChI is InChI=1S/C20H24F2N2O3/c1-13(20(25)23-17-7-6-15(21)12-16(17)22)24(2)10-9-14-5-8-18(26-3)19(11-14)27-4/h5-8,11-13H,9-10H2,1-4H3,(H,23,25)/p+1/t13-/m0/s1. The molecule has 0 radical (unpaired) electrons. The number of benzene rings is 2. The van der Waals surface area contributed by atoms with Gasteiger partial charge in [0.25, 0.3) is 5.91 Å². The number of hydrogen-bond donors (Lipinski definition) is 2. The molecular weight excluding hydrogens is 354 g/mol. The molecule has 0 heterocycles. The molecule has 1 unspecified atom stereocenters. The number of likely N-dealkylation sites (N-methyl/N-ethyl adjacent to an activating group) is 1. The number of carbonyl (C=O) groups excluding carboxylic acids is 1. The lowest BCUT2D eigenvalue weighted by atomic mass is 10.1. The molecule has 0 aromatic heterocycles. The minimum Gasteiger partial charge on any atom is -0.493 e. The molecule has 2 N–H and O–H groups in total. The van der Waals surface area contributed by atoms with Gasteiger partial charge in [-0.1, -0.05) is 6.07 Å². The fourth-order valence-electron chi connectivity index (χ4n) is 2.65. The maximum Gasteiger partial charge on any atom is 0.282 e. The molecule has 2 rings (SSSR count). The van der Waals surface area contributed by atoms with Gasteiger partial charge in [-0.15, -0.1) is 0 Å². The highest BCUT2D eigenvalue weighted by molar-refractivity contribution is 5.93. The SMILES string of the molecule is COc1ccc(CC[NH+](C)[C@@H](C)C(=O)Nc2ccc(F)cc2F)cc1OC. The predicted octanol–water partition coefficient (Wildman–Crippen LogP) is 2.07. The number of rotatable bonds is 8. The van der Waals surface area contributed by atoms with Gasteiger partial charge in [-0.2, -0.15) is 0 Å². The number of amides is 1. The zero-order chi connectivity index (χ0) is 20.0. The van der Waals surface area contributed by atoms with Crippen LogP contribution in [0.2, 0.25) is 0 Å². The van der Waals surface area contributed by atoms with Crippen LogP contribution in [0.5, 0.6) is 11.5 Å². The molecule has 0 aliphatic heterocycles. The smallest absolute Gasteiger partial charge is 0.282 e. The fourth-order valence-corrected chi connectivity index (χ4v) is 2.65. The van der Waals surface area contributed by atoms with Crippen LogP contribution < -0.4 is 19.7 Å². The Bertz CT molecular complexity index is 799. The van der Waals surface area contributed by atoms with E-state index in [0.717, 1.165) is 29.0 Å². The molecule has 2 aromatic carbocycles. The second-order valence-electron chi connectivity index (χ2n) is 6.37. The van der Waals surface area contributed by atoms with E-state index in [9.17, 15) is 13.6 Å². The third-order valence-electron chi connectivity index (χ3n) is 4.58. The molecule has 2 aromatic rings. The molecule has 7 heteroatoms. The van der Waals surface area contributed by atoms with E-state index in [1.54, 1.807) is 21.1 Å². The van der Waals surface area contributed by atoms with Crippen molar-refractivity contribution in [1.82, 2.24) is 0 Å². The van der Waals surface area contributed by atoms with E-state index < -0.39 is 17.7 Å². The van der Waals surface area contributed by atoms with Gasteiger partial charge in [0.1, 0.15) is 11.6 Å². The van der Waals surface area contributed by atoms with Gasteiger partial charge in [-0.05, 0) is 36.8 Å². The second kappa shape index (κ2) is 9.32. The first kappa shape index (κ1) is 20.6. The number of nitrogens with one attached hydrogen (secondary N) is 2. The normalized spacial score (nSPS) is 13.0. The molecule has 0 aliphatic rings. The summed E-state index contributed by atoms with van der Waals surface area (Å²) in [6, 6.07) is 8.36. The third-order valence-corrected chi connectivity index (χ3v) is 4.58. The molecule has 5 nitrogen and oxygen atoms in total. The van der Waals surface area contributed by atoms with Gasteiger partial charge in [0.05, 0.1) is 33.5 Å². The number of quaternary nitrogens is 1. The van der Waals surface area contributed by atoms with Crippen molar-refractivity contribution < 1.29 is 27.9 Å². The Morgan fingerprint density at radius 1 is 1.11 bits per heavy atom. The number of hydrogen-bond acceptors (Lipinski definition) is 3. The molecule has 146 valence electrons. The van der Waals surface area contributed by atoms with E-state index >= 15 is 0 Å². The van der Waals surface area contributed by atoms with Crippen molar-refractivity contribution in [2.75, 3.05) is 33.1 Å². The van der Waals surface area contributed by atoms with E-state index in [4.69, 9.17) is 9.47 Å². The van der Waals surface area contributed by atoms with E-state index in [-0.39, 0.29) is 11.6 Å². The van der Waals surface area contributed by atoms with Crippen LogP contribution in [0.15, 0.2) is 36.4 Å². The molecule has 0 bridgehead atoms. The Balaban J connectivity index is 1.94. The number of anilines is 1. The Morgan fingerprint density at radius 3 is 2.44 bits per heavy atom. The molecule has 0 spiro atoms. The van der Waals surface area contributed by atoms with Gasteiger partial charge < -0.3 is 19.7 Å². The van der Waals surface area contributed by atoms with Crippen LogP contribution in [0, 0.1) is 11.6 Å². The van der Waals surface area contributed by atoms with E-state index in [0.29, 0.717) is 18.0 Å². The molecule has 0 saturated carbocycles. The van der Waals surface area contributed by atoms with Crippen molar-refractivity contribution in [3.05, 3.63) is 53.6 Å². The Labute approximate surface area is 157 Å². The topological polar surface area (TPSA) is 52.0 Å². The summed E-state index contributed by atoms with van der Waals surface area (Å²) in [6.45, 7) is 2.46. The summed E-state index contributed by atoms with van der Waals surface area (Å²) in [7, 11) is 5.06. The molecule has 0 saturated heterocycles. The first-order chi connectivity index (χ1) is 12.8. The van der Waals surface area contributed by atoms with Crippen LogP contribution in [-0.2, 0) is 11.2 Å². The average molecular weight is 379 g/mol. The Hall–Kier alpha value is -2.67. The lowest BCUT2D eigenvalue weighted by Gasteiger charge is -2.21. The average Bonchev–Trinajstić information content (AvgIpc) is 2.67. The van der Waals surface area contributed by atoms with Crippen LogP contribution in [-0.4, -0.2) is 39.8 Å². The molecule has 1 amide bonds. The molecular formula is C20H25F2N2O3+. The number of ether oxygens (including phenoxy) is 2. The van der Waals surface area contributed by atoms with Crippen molar-refractivity contribution in [3.8, 4) is 11.5 Å². The minimum absolute atomic E-state index is 0.0269. The summed E-state index contributed by atoms with van der Waals surface area (Å²) in [4.78, 5) is 13.3. The Morgan fingerprint density at radius 2 is 1.81 bits per heavy atom. The zero-order valence-corrected chi connectivity index (χ0v) is 15.9. The van der Waals surface area contributed by atoms with E-state index in [1.807, 2.05) is 25.2 Å². The third kappa shape index (κ3) is 5.40. The van der Waals surface area contributed by atoms with Crippen LogP contribution in [0.25, 0.3) is 0 Å². The number of halogens is 2. The maximum absolute atomic E-state index is 13.7. The zero-order valence-electron chi connectivity index (χ0n) is 15.9. The summed E-state index contributed by atoms with van der Waals surface area (Å²) in [6.07, 6.45) is 0.731. The highest BCUT2D eigenvalue weighted by atomic mass is 19.1. The lowest BCUT2D eigenvalue weighted by Crippen LogP contribution is -3.14. The predicted molar refractivity (Wildman–Crippen MR) is 99.5 cm³/mol. The van der Waals surface area contributed by atoms with Gasteiger partial charge in [0.15, 0.2) is 17.5 Å². The largest absolute Gasteiger partial charge is 0.493 e. The maximum atomic E-state index is 13.7. The van der Waals surface area contributed by atoms with Gasteiger partial charge in [0.2, 0.25) is 0 Å². The quantitative estimate of drug-likeness (QED) is 0.738. The summed E-state index contributed by atoms with van der Waals surface area (Å²) in [5.74, 6) is -0.485. The minimum atomic E-state index is -0.793. The summed E-state index contributed by atoms with van der Waals surface area (Å²) in [5.41, 5.74) is 1.03. The monoisotopic (exact) mass is 379 g/mol. The van der Waals surface area contributed by atoms with Crippen molar-refractivity contribution in [2.24, 2.45) is 0 Å². The van der Waals surface area contributed by atoms with Gasteiger partial charge in [-0.25, -0.2) is 8.78 Å². The molecule has 0 aliphatic carbocycles. The molecule has 0 fully saturated rings. The van der Waals surface area contributed by atoms with Crippen molar-refractivity contribution >= 4 is 11.6 Å². The number of methoxy groups -OCH3 is 2. The van der Waals surface area contributed by atoms with E-state index in [2.05, 4.69) is 5.32 Å².